The highest BCUT2D eigenvalue weighted by atomic mass is 16.5. The number of carboxylic acid groups (broad SMARTS) is 1. The fraction of sp³-hybridized carbons (Fsp3) is 0.500. The van der Waals surface area contributed by atoms with E-state index in [2.05, 4.69) is 36.9 Å². The molecule has 6 rings (SSSR count). The summed E-state index contributed by atoms with van der Waals surface area (Å²) in [5, 5.41) is 9.74. The van der Waals surface area contributed by atoms with Crippen molar-refractivity contribution >= 4 is 17.9 Å². The number of morpholine rings is 1. The largest absolute Gasteiger partial charge is 0.465 e. The van der Waals surface area contributed by atoms with Crippen LogP contribution in [0.3, 0.4) is 0 Å². The molecule has 48 heavy (non-hydrogen) atoms. The minimum atomic E-state index is -0.957. The summed E-state index contributed by atoms with van der Waals surface area (Å²) < 4.78 is 7.55. The lowest BCUT2D eigenvalue weighted by atomic mass is 9.90. The number of rotatable bonds is 9. The Morgan fingerprint density at radius 3 is 2.42 bits per heavy atom. The zero-order valence-corrected chi connectivity index (χ0v) is 28.8. The predicted molar refractivity (Wildman–Crippen MR) is 185 cm³/mol. The standard InChI is InChI=1S/C38H49N5O5/c1-5-6-12-41(15-14-40-16-18-48-19-17-40)36(44)32-23-35(39(4)27(32)3)33-21-29-11-13-42(38(46)47)24-31(29)22-34(33)37(45)43-25-30-10-8-7-9-28(30)20-26(43)2/h7-10,21-23,26H,5-6,11-20,24-25H2,1-4H3,(H,46,47)/t26-/m1/s1. The molecule has 1 atom stereocenters. The lowest BCUT2D eigenvalue weighted by molar-refractivity contribution is 0.0324. The molecule has 1 N–H and O–H groups in total. The Morgan fingerprint density at radius 1 is 0.938 bits per heavy atom. The second-order valence-corrected chi connectivity index (χ2v) is 13.6. The van der Waals surface area contributed by atoms with Gasteiger partial charge in [-0.15, -0.1) is 0 Å². The number of hydrogen-bond donors (Lipinski definition) is 1. The first-order chi connectivity index (χ1) is 23.2. The molecule has 0 saturated carbocycles. The van der Waals surface area contributed by atoms with E-state index in [1.54, 1.807) is 0 Å². The van der Waals surface area contributed by atoms with Crippen molar-refractivity contribution in [1.29, 1.82) is 0 Å². The number of unbranched alkanes of at least 4 members (excludes halogenated alkanes) is 1. The molecule has 0 radical (unpaired) electrons. The normalized spacial score (nSPS) is 18.0. The number of amides is 3. The highest BCUT2D eigenvalue weighted by Crippen LogP contribution is 2.35. The number of carbonyl (C=O) groups is 3. The third kappa shape index (κ3) is 6.87. The third-order valence-electron chi connectivity index (χ3n) is 10.5. The molecule has 4 heterocycles. The van der Waals surface area contributed by atoms with Gasteiger partial charge < -0.3 is 29.1 Å². The van der Waals surface area contributed by atoms with Gasteiger partial charge in [0.25, 0.3) is 11.8 Å². The van der Waals surface area contributed by atoms with Crippen LogP contribution in [0, 0.1) is 6.92 Å². The van der Waals surface area contributed by atoms with Crippen LogP contribution in [0.5, 0.6) is 0 Å². The molecule has 0 unspecified atom stereocenters. The van der Waals surface area contributed by atoms with Crippen LogP contribution in [0.15, 0.2) is 42.5 Å². The van der Waals surface area contributed by atoms with Gasteiger partial charge in [0.05, 0.1) is 18.8 Å². The summed E-state index contributed by atoms with van der Waals surface area (Å²) in [6.07, 6.45) is 2.32. The van der Waals surface area contributed by atoms with Crippen molar-refractivity contribution in [2.75, 3.05) is 52.5 Å². The number of ether oxygens (including phenoxy) is 1. The topological polar surface area (TPSA) is 98.6 Å². The molecule has 0 bridgehead atoms. The quantitative estimate of drug-likeness (QED) is 0.341. The first kappa shape index (κ1) is 33.7. The van der Waals surface area contributed by atoms with Gasteiger partial charge in [-0.05, 0) is 73.6 Å². The van der Waals surface area contributed by atoms with E-state index >= 15 is 0 Å². The van der Waals surface area contributed by atoms with Crippen LogP contribution in [0.1, 0.15) is 75.4 Å². The average molecular weight is 656 g/mol. The highest BCUT2D eigenvalue weighted by molar-refractivity contribution is 6.03. The summed E-state index contributed by atoms with van der Waals surface area (Å²) in [5.41, 5.74) is 7.96. The van der Waals surface area contributed by atoms with Gasteiger partial charge in [0, 0.05) is 88.0 Å². The second-order valence-electron chi connectivity index (χ2n) is 13.6. The van der Waals surface area contributed by atoms with Gasteiger partial charge in [-0.1, -0.05) is 37.6 Å². The van der Waals surface area contributed by atoms with Crippen LogP contribution in [-0.4, -0.2) is 106 Å². The van der Waals surface area contributed by atoms with E-state index in [0.29, 0.717) is 43.7 Å². The number of fused-ring (bicyclic) bond motifs is 2. The van der Waals surface area contributed by atoms with E-state index in [0.717, 1.165) is 85.8 Å². The number of hydrogen-bond acceptors (Lipinski definition) is 5. The Hall–Kier alpha value is -4.15. The van der Waals surface area contributed by atoms with Crippen LogP contribution in [0.25, 0.3) is 11.3 Å². The van der Waals surface area contributed by atoms with Crippen LogP contribution < -0.4 is 0 Å². The lowest BCUT2D eigenvalue weighted by Crippen LogP contribution is -2.43. The number of carbonyl (C=O) groups excluding carboxylic acids is 2. The summed E-state index contributed by atoms with van der Waals surface area (Å²) >= 11 is 0. The van der Waals surface area contributed by atoms with Crippen LogP contribution in [-0.2, 0) is 37.7 Å². The third-order valence-corrected chi connectivity index (χ3v) is 10.5. The summed E-state index contributed by atoms with van der Waals surface area (Å²) in [4.78, 5) is 48.4. The summed E-state index contributed by atoms with van der Waals surface area (Å²) in [6.45, 7) is 12.7. The average Bonchev–Trinajstić information content (AvgIpc) is 3.40. The van der Waals surface area contributed by atoms with Crippen molar-refractivity contribution in [3.63, 3.8) is 0 Å². The van der Waals surface area contributed by atoms with Gasteiger partial charge in [0.1, 0.15) is 0 Å². The van der Waals surface area contributed by atoms with Crippen molar-refractivity contribution in [2.45, 2.75) is 65.6 Å². The highest BCUT2D eigenvalue weighted by Gasteiger charge is 2.32. The Bertz CT molecular complexity index is 1680. The molecule has 10 heteroatoms. The first-order valence-electron chi connectivity index (χ1n) is 17.4. The number of aromatic nitrogens is 1. The maximum atomic E-state index is 14.6. The fourth-order valence-corrected chi connectivity index (χ4v) is 7.36. The lowest BCUT2D eigenvalue weighted by Gasteiger charge is -2.36. The molecule has 1 aromatic heterocycles. The number of benzene rings is 2. The minimum Gasteiger partial charge on any atom is -0.465 e. The molecule has 3 amide bonds. The van der Waals surface area contributed by atoms with Crippen LogP contribution in [0.4, 0.5) is 4.79 Å². The van der Waals surface area contributed by atoms with Gasteiger partial charge >= 0.3 is 6.09 Å². The predicted octanol–water partition coefficient (Wildman–Crippen LogP) is 5.20. The van der Waals surface area contributed by atoms with Gasteiger partial charge in [-0.25, -0.2) is 4.79 Å². The van der Waals surface area contributed by atoms with E-state index in [-0.39, 0.29) is 24.4 Å². The van der Waals surface area contributed by atoms with Gasteiger partial charge in [-0.2, -0.15) is 0 Å². The zero-order chi connectivity index (χ0) is 33.9. The molecule has 0 aliphatic carbocycles. The van der Waals surface area contributed by atoms with Crippen molar-refractivity contribution in [3.8, 4) is 11.3 Å². The molecule has 2 aromatic carbocycles. The summed E-state index contributed by atoms with van der Waals surface area (Å²) in [5.74, 6) is -0.0654. The van der Waals surface area contributed by atoms with E-state index in [9.17, 15) is 19.5 Å². The van der Waals surface area contributed by atoms with Crippen molar-refractivity contribution < 1.29 is 24.2 Å². The first-order valence-corrected chi connectivity index (χ1v) is 17.4. The molecule has 3 aromatic rings. The molecule has 1 fully saturated rings. The Balaban J connectivity index is 1.37. The zero-order valence-electron chi connectivity index (χ0n) is 28.8. The SMILES string of the molecule is CCCCN(CCN1CCOCC1)C(=O)c1cc(-c2cc3c(cc2C(=O)N2Cc4ccccc4C[C@H]2C)CN(C(=O)O)CC3)n(C)c1C. The van der Waals surface area contributed by atoms with E-state index in [4.69, 9.17) is 4.74 Å². The molecule has 256 valence electrons. The Morgan fingerprint density at radius 2 is 1.69 bits per heavy atom. The monoisotopic (exact) mass is 655 g/mol. The smallest absolute Gasteiger partial charge is 0.407 e. The molecule has 3 aliphatic heterocycles. The van der Waals surface area contributed by atoms with E-state index in [1.807, 2.05) is 52.6 Å². The van der Waals surface area contributed by atoms with Crippen molar-refractivity contribution in [2.24, 2.45) is 7.05 Å². The fourth-order valence-electron chi connectivity index (χ4n) is 7.36. The Kier molecular flexibility index (Phi) is 10.2. The maximum absolute atomic E-state index is 14.6. The molecule has 1 saturated heterocycles. The molecular formula is C38H49N5O5. The van der Waals surface area contributed by atoms with Gasteiger partial charge in [0.15, 0.2) is 0 Å². The summed E-state index contributed by atoms with van der Waals surface area (Å²) in [6, 6.07) is 14.2. The van der Waals surface area contributed by atoms with Crippen molar-refractivity contribution in [1.82, 2.24) is 24.2 Å². The molecule has 10 nitrogen and oxygen atoms in total. The molecule has 0 spiro atoms. The summed E-state index contributed by atoms with van der Waals surface area (Å²) in [7, 11) is 1.96. The van der Waals surface area contributed by atoms with Crippen LogP contribution >= 0.6 is 0 Å². The van der Waals surface area contributed by atoms with E-state index in [1.165, 1.54) is 10.5 Å². The van der Waals surface area contributed by atoms with E-state index < -0.39 is 6.09 Å². The second kappa shape index (κ2) is 14.5. The Labute approximate surface area is 283 Å². The molecule has 3 aliphatic rings. The maximum Gasteiger partial charge on any atom is 0.407 e. The van der Waals surface area contributed by atoms with Gasteiger partial charge in [0.2, 0.25) is 0 Å². The van der Waals surface area contributed by atoms with Crippen LogP contribution in [0.2, 0.25) is 0 Å². The van der Waals surface area contributed by atoms with Gasteiger partial charge in [-0.3, -0.25) is 14.5 Å². The van der Waals surface area contributed by atoms with Crippen molar-refractivity contribution in [3.05, 3.63) is 81.5 Å². The number of nitrogens with zero attached hydrogens (tertiary/aromatic N) is 5. The minimum absolute atomic E-state index is 0.00215. The molecular weight excluding hydrogens is 606 g/mol.